The van der Waals surface area contributed by atoms with Crippen molar-refractivity contribution in [2.75, 3.05) is 0 Å². The number of aryl methyl sites for hydroxylation is 1. The van der Waals surface area contributed by atoms with Crippen molar-refractivity contribution in [2.24, 2.45) is 0 Å². The summed E-state index contributed by atoms with van der Waals surface area (Å²) in [5.41, 5.74) is 2.20. The predicted octanol–water partition coefficient (Wildman–Crippen LogP) is 5.81. The number of hydrogen-bond donors (Lipinski definition) is 0. The Balaban J connectivity index is 2.01. The van der Waals surface area contributed by atoms with Crippen LogP contribution in [0.1, 0.15) is 12.5 Å². The van der Waals surface area contributed by atoms with E-state index in [1.807, 2.05) is 18.2 Å². The highest BCUT2D eigenvalue weighted by atomic mass is 19.3. The van der Waals surface area contributed by atoms with Crippen LogP contribution >= 0.6 is 0 Å². The first kappa shape index (κ1) is 15.4. The summed E-state index contributed by atoms with van der Waals surface area (Å²) in [5, 5.41) is 1.40. The minimum atomic E-state index is -2.87. The number of alkyl halides is 2. The molecule has 0 aliphatic heterocycles. The van der Waals surface area contributed by atoms with E-state index < -0.39 is 6.61 Å². The Kier molecular flexibility index (Phi) is 4.24. The largest absolute Gasteiger partial charge is 0.435 e. The van der Waals surface area contributed by atoms with Gasteiger partial charge in [-0.15, -0.1) is 0 Å². The lowest BCUT2D eigenvalue weighted by atomic mass is 9.98. The van der Waals surface area contributed by atoms with Gasteiger partial charge in [0, 0.05) is 10.9 Å². The SMILES string of the molecule is CCc1ccc2c(F)c(-c3ccc(OC(F)F)cc3)ccc2c1. The Bertz CT molecular complexity index is 826. The molecule has 0 saturated heterocycles. The monoisotopic (exact) mass is 316 g/mol. The Hall–Kier alpha value is -2.49. The molecule has 0 fully saturated rings. The summed E-state index contributed by atoms with van der Waals surface area (Å²) >= 11 is 0. The Morgan fingerprint density at radius 3 is 2.35 bits per heavy atom. The second kappa shape index (κ2) is 6.32. The molecule has 0 radical (unpaired) electrons. The van der Waals surface area contributed by atoms with E-state index in [1.54, 1.807) is 24.3 Å². The Labute approximate surface area is 132 Å². The molecule has 3 rings (SSSR count). The maximum absolute atomic E-state index is 14.7. The molecule has 3 aromatic carbocycles. The average Bonchev–Trinajstić information content (AvgIpc) is 2.55. The predicted molar refractivity (Wildman–Crippen MR) is 85.4 cm³/mol. The van der Waals surface area contributed by atoms with Gasteiger partial charge in [-0.25, -0.2) is 4.39 Å². The van der Waals surface area contributed by atoms with E-state index in [2.05, 4.69) is 11.7 Å². The first-order chi connectivity index (χ1) is 11.1. The van der Waals surface area contributed by atoms with Crippen LogP contribution in [0, 0.1) is 5.82 Å². The van der Waals surface area contributed by atoms with Crippen molar-refractivity contribution in [2.45, 2.75) is 20.0 Å². The van der Waals surface area contributed by atoms with Gasteiger partial charge in [-0.2, -0.15) is 8.78 Å². The molecule has 0 aliphatic rings. The van der Waals surface area contributed by atoms with Crippen LogP contribution in [-0.2, 0) is 6.42 Å². The molecule has 0 aromatic heterocycles. The third-order valence-corrected chi connectivity index (χ3v) is 3.82. The van der Waals surface area contributed by atoms with Crippen LogP contribution in [0.25, 0.3) is 21.9 Å². The topological polar surface area (TPSA) is 9.23 Å². The quantitative estimate of drug-likeness (QED) is 0.590. The van der Waals surface area contributed by atoms with Crippen LogP contribution in [0.3, 0.4) is 0 Å². The zero-order valence-corrected chi connectivity index (χ0v) is 12.5. The zero-order chi connectivity index (χ0) is 16.4. The summed E-state index contributed by atoms with van der Waals surface area (Å²) in [6.07, 6.45) is 0.894. The number of hydrogen-bond acceptors (Lipinski definition) is 1. The fourth-order valence-electron chi connectivity index (χ4n) is 2.60. The molecule has 4 heteroatoms. The molecule has 0 bridgehead atoms. The van der Waals surface area contributed by atoms with Crippen LogP contribution in [0.5, 0.6) is 5.75 Å². The summed E-state index contributed by atoms with van der Waals surface area (Å²) in [5.74, 6) is -0.259. The van der Waals surface area contributed by atoms with Crippen molar-refractivity contribution in [3.8, 4) is 16.9 Å². The first-order valence-corrected chi connectivity index (χ1v) is 7.35. The standard InChI is InChI=1S/C19H15F3O/c1-2-12-3-9-17-14(11-12)6-10-16(18(17)20)13-4-7-15(8-5-13)23-19(21)22/h3-11,19H,2H2,1H3. The molecule has 1 nitrogen and oxygen atoms in total. The molecule has 0 spiro atoms. The fourth-order valence-corrected chi connectivity index (χ4v) is 2.60. The van der Waals surface area contributed by atoms with Crippen molar-refractivity contribution >= 4 is 10.8 Å². The van der Waals surface area contributed by atoms with E-state index in [0.717, 1.165) is 17.4 Å². The summed E-state index contributed by atoms with van der Waals surface area (Å²) in [6.45, 7) is -0.819. The molecule has 0 atom stereocenters. The number of rotatable bonds is 4. The van der Waals surface area contributed by atoms with Crippen LogP contribution in [0.4, 0.5) is 13.2 Å². The van der Waals surface area contributed by atoms with Crippen LogP contribution in [0.15, 0.2) is 54.6 Å². The molecule has 118 valence electrons. The molecular weight excluding hydrogens is 301 g/mol. The van der Waals surface area contributed by atoms with E-state index in [0.29, 0.717) is 16.5 Å². The second-order valence-corrected chi connectivity index (χ2v) is 5.24. The van der Waals surface area contributed by atoms with E-state index in [1.165, 1.54) is 12.1 Å². The lowest BCUT2D eigenvalue weighted by molar-refractivity contribution is -0.0498. The van der Waals surface area contributed by atoms with Crippen LogP contribution in [-0.4, -0.2) is 6.61 Å². The lowest BCUT2D eigenvalue weighted by Gasteiger charge is -2.09. The maximum atomic E-state index is 14.7. The fraction of sp³-hybridized carbons (Fsp3) is 0.158. The molecule has 23 heavy (non-hydrogen) atoms. The zero-order valence-electron chi connectivity index (χ0n) is 12.5. The van der Waals surface area contributed by atoms with Gasteiger partial charge in [0.15, 0.2) is 0 Å². The Morgan fingerprint density at radius 2 is 1.70 bits per heavy atom. The molecule has 0 aliphatic carbocycles. The highest BCUT2D eigenvalue weighted by Crippen LogP contribution is 2.30. The number of ether oxygens (including phenoxy) is 1. The highest BCUT2D eigenvalue weighted by Gasteiger charge is 2.11. The van der Waals surface area contributed by atoms with Gasteiger partial charge in [-0.05, 0) is 35.1 Å². The highest BCUT2D eigenvalue weighted by molar-refractivity contribution is 5.88. The Morgan fingerprint density at radius 1 is 0.957 bits per heavy atom. The van der Waals surface area contributed by atoms with E-state index >= 15 is 0 Å². The molecular formula is C19H15F3O. The van der Waals surface area contributed by atoms with Crippen molar-refractivity contribution in [3.05, 3.63) is 66.0 Å². The van der Waals surface area contributed by atoms with Crippen LogP contribution < -0.4 is 4.74 Å². The number of benzene rings is 3. The van der Waals surface area contributed by atoms with Gasteiger partial charge < -0.3 is 4.74 Å². The van der Waals surface area contributed by atoms with Gasteiger partial charge in [0.1, 0.15) is 11.6 Å². The molecule has 3 aromatic rings. The molecule has 0 heterocycles. The molecule has 0 amide bonds. The van der Waals surface area contributed by atoms with Crippen molar-refractivity contribution in [1.29, 1.82) is 0 Å². The van der Waals surface area contributed by atoms with Crippen molar-refractivity contribution < 1.29 is 17.9 Å². The molecule has 0 saturated carbocycles. The third-order valence-electron chi connectivity index (χ3n) is 3.82. The minimum Gasteiger partial charge on any atom is -0.435 e. The molecule has 0 N–H and O–H groups in total. The third kappa shape index (κ3) is 3.16. The smallest absolute Gasteiger partial charge is 0.387 e. The average molecular weight is 316 g/mol. The maximum Gasteiger partial charge on any atom is 0.387 e. The van der Waals surface area contributed by atoms with Gasteiger partial charge in [0.2, 0.25) is 0 Å². The van der Waals surface area contributed by atoms with E-state index in [4.69, 9.17) is 0 Å². The summed E-state index contributed by atoms with van der Waals surface area (Å²) in [4.78, 5) is 0. The minimum absolute atomic E-state index is 0.0533. The lowest BCUT2D eigenvalue weighted by Crippen LogP contribution is -2.01. The number of fused-ring (bicyclic) bond motifs is 1. The first-order valence-electron chi connectivity index (χ1n) is 7.35. The number of halogens is 3. The summed E-state index contributed by atoms with van der Waals surface area (Å²) in [7, 11) is 0. The second-order valence-electron chi connectivity index (χ2n) is 5.24. The van der Waals surface area contributed by atoms with Gasteiger partial charge in [0.25, 0.3) is 0 Å². The van der Waals surface area contributed by atoms with E-state index in [9.17, 15) is 13.2 Å². The van der Waals surface area contributed by atoms with Gasteiger partial charge in [-0.3, -0.25) is 0 Å². The normalized spacial score (nSPS) is 11.2. The van der Waals surface area contributed by atoms with E-state index in [-0.39, 0.29) is 11.6 Å². The van der Waals surface area contributed by atoms with Crippen molar-refractivity contribution in [3.63, 3.8) is 0 Å². The van der Waals surface area contributed by atoms with Gasteiger partial charge in [-0.1, -0.05) is 49.4 Å². The van der Waals surface area contributed by atoms with Gasteiger partial charge in [0.05, 0.1) is 0 Å². The molecule has 0 unspecified atom stereocenters. The van der Waals surface area contributed by atoms with Crippen LogP contribution in [0.2, 0.25) is 0 Å². The summed E-state index contributed by atoms with van der Waals surface area (Å²) < 4.78 is 43.4. The van der Waals surface area contributed by atoms with Gasteiger partial charge >= 0.3 is 6.61 Å². The summed E-state index contributed by atoms with van der Waals surface area (Å²) in [6, 6.07) is 15.2. The van der Waals surface area contributed by atoms with Crippen molar-refractivity contribution in [1.82, 2.24) is 0 Å².